The highest BCUT2D eigenvalue weighted by molar-refractivity contribution is 5.92. The molecule has 1 aliphatic heterocycles. The van der Waals surface area contributed by atoms with Gasteiger partial charge in [0.1, 0.15) is 0 Å². The lowest BCUT2D eigenvalue weighted by molar-refractivity contribution is -0.134. The van der Waals surface area contributed by atoms with E-state index in [-0.39, 0.29) is 5.54 Å². The number of rotatable bonds is 2. The van der Waals surface area contributed by atoms with Crippen LogP contribution in [0.15, 0.2) is 0 Å². The van der Waals surface area contributed by atoms with Gasteiger partial charge in [-0.15, -0.1) is 0 Å². The molecule has 1 N–H and O–H groups in total. The molecule has 18 heavy (non-hydrogen) atoms. The summed E-state index contributed by atoms with van der Waals surface area (Å²) in [5, 5.41) is 3.65. The number of carbonyl (C=O) groups excluding carboxylic acids is 1. The molecule has 1 amide bonds. The van der Waals surface area contributed by atoms with Crippen LogP contribution in [0.1, 0.15) is 52.4 Å². The Bertz CT molecular complexity index is 388. The van der Waals surface area contributed by atoms with Crippen molar-refractivity contribution in [2.24, 2.45) is 17.8 Å². The number of carbonyl (C=O) groups is 1. The lowest BCUT2D eigenvalue weighted by atomic mass is 9.93. The second-order valence-electron chi connectivity index (χ2n) is 7.37. The average molecular weight is 248 g/mol. The van der Waals surface area contributed by atoms with E-state index < -0.39 is 0 Å². The van der Waals surface area contributed by atoms with Gasteiger partial charge in [0.15, 0.2) is 0 Å². The molecule has 3 saturated carbocycles. The van der Waals surface area contributed by atoms with E-state index >= 15 is 0 Å². The van der Waals surface area contributed by atoms with E-state index in [9.17, 15) is 4.79 Å². The van der Waals surface area contributed by atoms with Crippen LogP contribution in [-0.4, -0.2) is 28.6 Å². The summed E-state index contributed by atoms with van der Waals surface area (Å²) in [7, 11) is 0. The number of nitrogens with zero attached hydrogens (tertiary/aromatic N) is 1. The summed E-state index contributed by atoms with van der Waals surface area (Å²) in [6.45, 7) is 4.49. The molecule has 0 aromatic heterocycles. The molecule has 4 aliphatic rings. The molecule has 2 bridgehead atoms. The monoisotopic (exact) mass is 248 g/mol. The van der Waals surface area contributed by atoms with Crippen molar-refractivity contribution >= 4 is 5.91 Å². The van der Waals surface area contributed by atoms with E-state index in [4.69, 9.17) is 0 Å². The molecular weight excluding hydrogens is 224 g/mol. The molecule has 0 radical (unpaired) electrons. The first-order valence-corrected chi connectivity index (χ1v) is 7.71. The summed E-state index contributed by atoms with van der Waals surface area (Å²) in [4.78, 5) is 15.0. The number of fused-ring (bicyclic) bond motifs is 2. The van der Waals surface area contributed by atoms with Crippen LogP contribution in [0, 0.1) is 17.8 Å². The lowest BCUT2D eigenvalue weighted by Gasteiger charge is -2.37. The maximum Gasteiger partial charge on any atom is 0.244 e. The summed E-state index contributed by atoms with van der Waals surface area (Å²) >= 11 is 0. The van der Waals surface area contributed by atoms with E-state index in [2.05, 4.69) is 24.1 Å². The summed E-state index contributed by atoms with van der Waals surface area (Å²) in [6.07, 6.45) is 7.84. The summed E-state index contributed by atoms with van der Waals surface area (Å²) < 4.78 is 0. The number of hydrogen-bond donors (Lipinski definition) is 1. The van der Waals surface area contributed by atoms with Crippen molar-refractivity contribution in [2.45, 2.75) is 70.1 Å². The van der Waals surface area contributed by atoms with Crippen molar-refractivity contribution in [3.8, 4) is 0 Å². The van der Waals surface area contributed by atoms with E-state index in [0.717, 1.165) is 24.7 Å². The maximum atomic E-state index is 12.7. The highest BCUT2D eigenvalue weighted by atomic mass is 16.2. The van der Waals surface area contributed by atoms with Crippen LogP contribution in [0.25, 0.3) is 0 Å². The van der Waals surface area contributed by atoms with E-state index in [1.54, 1.807) is 0 Å². The Balaban J connectivity index is 1.63. The predicted octanol–water partition coefficient (Wildman–Crippen LogP) is 2.12. The van der Waals surface area contributed by atoms with Gasteiger partial charge in [-0.1, -0.05) is 20.3 Å². The molecule has 100 valence electrons. The van der Waals surface area contributed by atoms with Crippen LogP contribution in [0.4, 0.5) is 0 Å². The molecule has 3 nitrogen and oxygen atoms in total. The van der Waals surface area contributed by atoms with Gasteiger partial charge in [-0.3, -0.25) is 10.1 Å². The minimum absolute atomic E-state index is 0.128. The van der Waals surface area contributed by atoms with Crippen molar-refractivity contribution in [3.05, 3.63) is 0 Å². The molecule has 1 spiro atoms. The van der Waals surface area contributed by atoms with Crippen LogP contribution in [0.2, 0.25) is 0 Å². The van der Waals surface area contributed by atoms with Gasteiger partial charge in [-0.05, 0) is 49.9 Å². The molecule has 0 aromatic rings. The first kappa shape index (κ1) is 11.3. The van der Waals surface area contributed by atoms with Crippen LogP contribution in [-0.2, 0) is 4.79 Å². The largest absolute Gasteiger partial charge is 0.322 e. The third-order valence-corrected chi connectivity index (χ3v) is 5.81. The Morgan fingerprint density at radius 1 is 1.28 bits per heavy atom. The number of nitrogens with one attached hydrogen (secondary N) is 1. The number of hydrogen-bond acceptors (Lipinski definition) is 2. The number of amides is 1. The molecule has 3 heteroatoms. The smallest absolute Gasteiger partial charge is 0.244 e. The van der Waals surface area contributed by atoms with Gasteiger partial charge in [0.05, 0.1) is 11.7 Å². The molecule has 4 fully saturated rings. The Morgan fingerprint density at radius 2 is 2.06 bits per heavy atom. The molecule has 1 saturated heterocycles. The standard InChI is InChI=1S/C15H24N2O/c1-9(2)13-16-15(5-6-15)14(18)17(13)12-8-10-3-4-11(12)7-10/h9-13,16H,3-8H2,1-2H3. The van der Waals surface area contributed by atoms with Gasteiger partial charge in [-0.25, -0.2) is 0 Å². The topological polar surface area (TPSA) is 32.3 Å². The van der Waals surface area contributed by atoms with Crippen LogP contribution in [0.3, 0.4) is 0 Å². The maximum absolute atomic E-state index is 12.7. The first-order valence-electron chi connectivity index (χ1n) is 7.71. The molecule has 4 rings (SSSR count). The zero-order valence-corrected chi connectivity index (χ0v) is 11.5. The van der Waals surface area contributed by atoms with Crippen LogP contribution >= 0.6 is 0 Å². The van der Waals surface area contributed by atoms with E-state index in [0.29, 0.717) is 24.0 Å². The Hall–Kier alpha value is -0.570. The summed E-state index contributed by atoms with van der Waals surface area (Å²) in [6, 6.07) is 0.552. The third-order valence-electron chi connectivity index (χ3n) is 5.81. The summed E-state index contributed by atoms with van der Waals surface area (Å²) in [5.41, 5.74) is -0.128. The molecular formula is C15H24N2O. The highest BCUT2D eigenvalue weighted by Gasteiger charge is 2.62. The average Bonchev–Trinajstić information content (AvgIpc) is 2.69. The molecule has 3 aliphatic carbocycles. The minimum Gasteiger partial charge on any atom is -0.322 e. The van der Waals surface area contributed by atoms with Gasteiger partial charge >= 0.3 is 0 Å². The normalized spacial score (nSPS) is 44.6. The van der Waals surface area contributed by atoms with Crippen molar-refractivity contribution in [1.82, 2.24) is 10.2 Å². The second kappa shape index (κ2) is 3.50. The zero-order valence-electron chi connectivity index (χ0n) is 11.5. The van der Waals surface area contributed by atoms with Crippen molar-refractivity contribution < 1.29 is 4.79 Å². The predicted molar refractivity (Wildman–Crippen MR) is 69.8 cm³/mol. The Morgan fingerprint density at radius 3 is 2.56 bits per heavy atom. The van der Waals surface area contributed by atoms with Gasteiger partial charge in [0.25, 0.3) is 0 Å². The van der Waals surface area contributed by atoms with Gasteiger partial charge in [0.2, 0.25) is 5.91 Å². The van der Waals surface area contributed by atoms with Gasteiger partial charge < -0.3 is 4.90 Å². The molecule has 1 heterocycles. The van der Waals surface area contributed by atoms with Gasteiger partial charge in [0, 0.05) is 6.04 Å². The van der Waals surface area contributed by atoms with Gasteiger partial charge in [-0.2, -0.15) is 0 Å². The van der Waals surface area contributed by atoms with E-state index in [1.807, 2.05) is 0 Å². The Labute approximate surface area is 109 Å². The third kappa shape index (κ3) is 1.37. The second-order valence-corrected chi connectivity index (χ2v) is 7.37. The van der Waals surface area contributed by atoms with Crippen molar-refractivity contribution in [1.29, 1.82) is 0 Å². The fourth-order valence-electron chi connectivity index (χ4n) is 4.67. The highest BCUT2D eigenvalue weighted by Crippen LogP contribution is 2.51. The fourth-order valence-corrected chi connectivity index (χ4v) is 4.67. The molecule has 4 unspecified atom stereocenters. The molecule has 4 atom stereocenters. The zero-order chi connectivity index (χ0) is 12.5. The quantitative estimate of drug-likeness (QED) is 0.812. The van der Waals surface area contributed by atoms with E-state index in [1.165, 1.54) is 25.7 Å². The first-order chi connectivity index (χ1) is 8.61. The summed E-state index contributed by atoms with van der Waals surface area (Å²) in [5.74, 6) is 2.67. The molecule has 0 aromatic carbocycles. The fraction of sp³-hybridized carbons (Fsp3) is 0.933. The Kier molecular flexibility index (Phi) is 2.19. The van der Waals surface area contributed by atoms with Crippen molar-refractivity contribution in [2.75, 3.05) is 0 Å². The lowest BCUT2D eigenvalue weighted by Crippen LogP contribution is -2.49. The minimum atomic E-state index is -0.128. The van der Waals surface area contributed by atoms with Crippen molar-refractivity contribution in [3.63, 3.8) is 0 Å². The SMILES string of the molecule is CC(C)C1NC2(CC2)C(=O)N1C1CC2CCC1C2. The van der Waals surface area contributed by atoms with Crippen LogP contribution in [0.5, 0.6) is 0 Å². The van der Waals surface area contributed by atoms with Crippen LogP contribution < -0.4 is 5.32 Å².